The van der Waals surface area contributed by atoms with Crippen molar-refractivity contribution in [2.45, 2.75) is 0 Å². The number of rotatable bonds is 7. The molecule has 6 rings (SSSR count). The Hall–Kier alpha value is -5.24. The van der Waals surface area contributed by atoms with E-state index in [9.17, 15) is 26.3 Å². The predicted molar refractivity (Wildman–Crippen MR) is 169 cm³/mol. The highest BCUT2D eigenvalue weighted by Gasteiger charge is 2.56. The molecule has 0 nitrogen and oxygen atoms in total. The zero-order chi connectivity index (χ0) is 38.7. The first-order chi connectivity index (χ1) is 25.1. The topological polar surface area (TPSA) is 0 Å². The minimum absolute atomic E-state index is 0.0293. The molecule has 0 spiro atoms. The summed E-state index contributed by atoms with van der Waals surface area (Å²) in [7, 11) is -4.31. The van der Waals surface area contributed by atoms with E-state index in [0.29, 0.717) is 0 Å². The Bertz CT molecular complexity index is 2160. The monoisotopic (exact) mass is 774 g/mol. The van der Waals surface area contributed by atoms with Crippen molar-refractivity contribution >= 4 is 51.3 Å². The number of halogens is 15. The zero-order valence-electron chi connectivity index (χ0n) is 25.9. The maximum atomic E-state index is 17.7. The van der Waals surface area contributed by atoms with Gasteiger partial charge >= 0.3 is 0 Å². The van der Waals surface area contributed by atoms with Crippen LogP contribution in [0, 0.1) is 81.4 Å². The molecule has 272 valence electrons. The van der Waals surface area contributed by atoms with Gasteiger partial charge in [-0.2, -0.15) is 8.78 Å². The average molecular weight is 774 g/mol. The van der Waals surface area contributed by atoms with Gasteiger partial charge in [0.25, 0.3) is 6.42 Å². The van der Waals surface area contributed by atoms with E-state index in [-0.39, 0.29) is 15.9 Å². The van der Waals surface area contributed by atoms with E-state index < -0.39 is 117 Å². The summed E-state index contributed by atoms with van der Waals surface area (Å²) in [6.45, 7) is 0. The summed E-state index contributed by atoms with van der Waals surface area (Å²) < 4.78 is 232. The molecular formula is C36H15BF15P. The molecule has 0 saturated heterocycles. The van der Waals surface area contributed by atoms with Crippen LogP contribution < -0.4 is 37.6 Å². The Balaban J connectivity index is 1.88. The largest absolute Gasteiger partial charge is 0.498 e. The Morgan fingerprint density at radius 1 is 0.283 bits per heavy atom. The first-order valence-corrected chi connectivity index (χ1v) is 16.6. The molecule has 0 fully saturated rings. The van der Waals surface area contributed by atoms with Crippen molar-refractivity contribution < 1.29 is 65.8 Å². The predicted octanol–water partition coefficient (Wildman–Crippen LogP) is 7.19. The molecule has 17 heteroatoms. The van der Waals surface area contributed by atoms with Gasteiger partial charge in [-0.3, -0.25) is 0 Å². The summed E-state index contributed by atoms with van der Waals surface area (Å²) in [4.78, 5) is 0. The van der Waals surface area contributed by atoms with Gasteiger partial charge < -0.3 is 4.32 Å². The fraction of sp³-hybridized carbons (Fsp3) is 0. The van der Waals surface area contributed by atoms with Crippen LogP contribution in [0.4, 0.5) is 65.8 Å². The van der Waals surface area contributed by atoms with E-state index in [0.717, 1.165) is 0 Å². The van der Waals surface area contributed by atoms with E-state index in [1.807, 2.05) is 0 Å². The summed E-state index contributed by atoms with van der Waals surface area (Å²) in [5.74, 6) is -43.6. The SMILES string of the molecule is Fc1c(F)c(F)c([B-](F)(c2c(F)c(F)c(F)c(F)c2F)c2c(F)c(F)c([P+](c3ccccc3)(c3ccccc3)c3ccccc3)c(F)c2F)c(F)c1F. The van der Waals surface area contributed by atoms with Gasteiger partial charge in [0, 0.05) is 0 Å². The van der Waals surface area contributed by atoms with Gasteiger partial charge in [0.2, 0.25) is 11.6 Å². The van der Waals surface area contributed by atoms with Crippen LogP contribution in [-0.4, -0.2) is 6.42 Å². The van der Waals surface area contributed by atoms with Gasteiger partial charge in [-0.15, -0.1) is 0 Å². The molecule has 0 atom stereocenters. The van der Waals surface area contributed by atoms with E-state index in [2.05, 4.69) is 0 Å². The van der Waals surface area contributed by atoms with E-state index in [4.69, 9.17) is 0 Å². The molecular weight excluding hydrogens is 759 g/mol. The molecule has 0 heterocycles. The number of benzene rings is 6. The minimum Gasteiger partial charge on any atom is -0.498 e. The minimum atomic E-state index is -6.95. The second-order valence-corrected chi connectivity index (χ2v) is 14.8. The highest BCUT2D eigenvalue weighted by molar-refractivity contribution is 8.01. The molecule has 6 aromatic carbocycles. The molecule has 0 saturated carbocycles. The van der Waals surface area contributed by atoms with Crippen LogP contribution in [-0.2, 0) is 0 Å². The molecule has 0 aliphatic carbocycles. The lowest BCUT2D eigenvalue weighted by atomic mass is 9.30. The first kappa shape index (κ1) is 37.5. The van der Waals surface area contributed by atoms with Crippen molar-refractivity contribution in [3.8, 4) is 0 Å². The Labute approximate surface area is 289 Å². The zero-order valence-corrected chi connectivity index (χ0v) is 26.7. The molecule has 6 aromatic rings. The van der Waals surface area contributed by atoms with Crippen LogP contribution in [0.15, 0.2) is 91.0 Å². The molecule has 0 aliphatic rings. The third kappa shape index (κ3) is 5.32. The fourth-order valence-electron chi connectivity index (χ4n) is 6.45. The average Bonchev–Trinajstić information content (AvgIpc) is 3.17. The van der Waals surface area contributed by atoms with Crippen LogP contribution in [0.1, 0.15) is 0 Å². The lowest BCUT2D eigenvalue weighted by molar-refractivity contribution is 0.380. The Morgan fingerprint density at radius 3 is 0.736 bits per heavy atom. The van der Waals surface area contributed by atoms with E-state index >= 15 is 39.4 Å². The van der Waals surface area contributed by atoms with Crippen LogP contribution in [0.3, 0.4) is 0 Å². The lowest BCUT2D eigenvalue weighted by Crippen LogP contribution is -2.71. The molecule has 0 aromatic heterocycles. The second-order valence-electron chi connectivity index (χ2n) is 11.4. The van der Waals surface area contributed by atoms with Crippen LogP contribution >= 0.6 is 7.26 Å². The third-order valence-electron chi connectivity index (χ3n) is 8.72. The Kier molecular flexibility index (Phi) is 9.65. The number of hydrogen-bond acceptors (Lipinski definition) is 0. The molecule has 0 amide bonds. The van der Waals surface area contributed by atoms with Crippen LogP contribution in [0.5, 0.6) is 0 Å². The quantitative estimate of drug-likeness (QED) is 0.0531. The van der Waals surface area contributed by atoms with Gasteiger partial charge in [0.1, 0.15) is 50.8 Å². The maximum Gasteiger partial charge on any atom is 0.251 e. The summed E-state index contributed by atoms with van der Waals surface area (Å²) in [5.41, 5.74) is -9.50. The van der Waals surface area contributed by atoms with Crippen molar-refractivity contribution in [2.75, 3.05) is 0 Å². The molecule has 0 unspecified atom stereocenters. The molecule has 53 heavy (non-hydrogen) atoms. The fourth-order valence-corrected chi connectivity index (χ4v) is 10.8. The van der Waals surface area contributed by atoms with Crippen molar-refractivity contribution in [3.63, 3.8) is 0 Å². The van der Waals surface area contributed by atoms with Crippen molar-refractivity contribution in [1.29, 1.82) is 0 Å². The molecule has 0 bridgehead atoms. The highest BCUT2D eigenvalue weighted by atomic mass is 31.2. The number of hydrogen-bond donors (Lipinski definition) is 0. The summed E-state index contributed by atoms with van der Waals surface area (Å²) in [6.07, 6.45) is -6.95. The van der Waals surface area contributed by atoms with Crippen molar-refractivity contribution in [1.82, 2.24) is 0 Å². The lowest BCUT2D eigenvalue weighted by Gasteiger charge is -2.38. The van der Waals surface area contributed by atoms with E-state index in [1.54, 1.807) is 0 Å². The second kappa shape index (κ2) is 13.6. The normalized spacial score (nSPS) is 12.1. The van der Waals surface area contributed by atoms with E-state index in [1.165, 1.54) is 91.0 Å². The third-order valence-corrected chi connectivity index (χ3v) is 13.0. The summed E-state index contributed by atoms with van der Waals surface area (Å²) in [5, 5.41) is -1.62. The van der Waals surface area contributed by atoms with Crippen LogP contribution in [0.25, 0.3) is 0 Å². The molecule has 0 radical (unpaired) electrons. The summed E-state index contributed by atoms with van der Waals surface area (Å²) >= 11 is 0. The standard InChI is InChI=1S/C36H15BF15P/c38-22-19(23(39)29(45)32(48)28(22)44)37(52,20-24(40)30(46)33(49)31(47)25(20)41)21-26(42)34(50)36(35(51)27(21)43)53(16-10-4-1-5-11-16,17-12-6-2-7-13-17)18-14-8-3-9-15-18/h1-15H. The molecule has 0 N–H and O–H groups in total. The van der Waals surface area contributed by atoms with Crippen LogP contribution in [0.2, 0.25) is 0 Å². The summed E-state index contributed by atoms with van der Waals surface area (Å²) in [6, 6.07) is 20.4. The maximum absolute atomic E-state index is 17.7. The first-order valence-electron chi connectivity index (χ1n) is 14.9. The van der Waals surface area contributed by atoms with Crippen molar-refractivity contribution in [3.05, 3.63) is 172 Å². The van der Waals surface area contributed by atoms with Gasteiger partial charge in [-0.05, 0) is 36.4 Å². The molecule has 0 aliphatic heterocycles. The van der Waals surface area contributed by atoms with Gasteiger partial charge in [-0.25, -0.2) is 52.7 Å². The smallest absolute Gasteiger partial charge is 0.251 e. The van der Waals surface area contributed by atoms with Gasteiger partial charge in [0.05, 0.1) is 0 Å². The van der Waals surface area contributed by atoms with Gasteiger partial charge in [-0.1, -0.05) is 71.0 Å². The highest BCUT2D eigenvalue weighted by Crippen LogP contribution is 2.55. The Morgan fingerprint density at radius 2 is 0.491 bits per heavy atom. The van der Waals surface area contributed by atoms with Crippen molar-refractivity contribution in [2.24, 2.45) is 0 Å². The van der Waals surface area contributed by atoms with Gasteiger partial charge in [0.15, 0.2) is 47.5 Å².